The molecule has 0 aliphatic carbocycles. The molecule has 0 spiro atoms. The number of hydrogen-bond acceptors (Lipinski definition) is 3. The van der Waals surface area contributed by atoms with E-state index in [1.165, 1.54) is 5.56 Å². The Labute approximate surface area is 168 Å². The first-order valence-electron chi connectivity index (χ1n) is 10.8. The summed E-state index contributed by atoms with van der Waals surface area (Å²) in [6, 6.07) is 10.7. The number of carbonyl (C=O) groups is 2. The van der Waals surface area contributed by atoms with Crippen molar-refractivity contribution in [2.75, 3.05) is 52.4 Å². The van der Waals surface area contributed by atoms with Crippen LogP contribution in [-0.2, 0) is 11.3 Å². The average molecular weight is 385 g/mol. The zero-order valence-corrected chi connectivity index (χ0v) is 16.8. The van der Waals surface area contributed by atoms with Crippen LogP contribution in [0.25, 0.3) is 0 Å². The highest BCUT2D eigenvalue weighted by molar-refractivity contribution is 5.81. The number of nitrogens with zero attached hydrogens (tertiary/aromatic N) is 4. The van der Waals surface area contributed by atoms with Crippen LogP contribution in [0.5, 0.6) is 0 Å². The van der Waals surface area contributed by atoms with Crippen molar-refractivity contribution in [1.29, 1.82) is 0 Å². The number of rotatable bonds is 3. The lowest BCUT2D eigenvalue weighted by molar-refractivity contribution is -0.138. The van der Waals surface area contributed by atoms with Crippen LogP contribution >= 0.6 is 0 Å². The number of hydrogen-bond donors (Lipinski definition) is 0. The molecule has 0 bridgehead atoms. The van der Waals surface area contributed by atoms with Crippen molar-refractivity contribution < 1.29 is 9.59 Å². The smallest absolute Gasteiger partial charge is 0.320 e. The van der Waals surface area contributed by atoms with Gasteiger partial charge in [0.25, 0.3) is 0 Å². The van der Waals surface area contributed by atoms with Gasteiger partial charge in [-0.2, -0.15) is 0 Å². The first-order valence-corrected chi connectivity index (χ1v) is 10.8. The van der Waals surface area contributed by atoms with Gasteiger partial charge in [-0.15, -0.1) is 0 Å². The predicted octanol–water partition coefficient (Wildman–Crippen LogP) is 2.26. The second-order valence-electron chi connectivity index (χ2n) is 8.35. The molecule has 0 saturated carbocycles. The number of amides is 3. The number of urea groups is 1. The van der Waals surface area contributed by atoms with Gasteiger partial charge in [-0.1, -0.05) is 30.3 Å². The molecule has 1 atom stereocenters. The van der Waals surface area contributed by atoms with E-state index in [4.69, 9.17) is 0 Å². The maximum Gasteiger partial charge on any atom is 0.320 e. The molecule has 3 heterocycles. The molecule has 6 heteroatoms. The Bertz CT molecular complexity index is 666. The van der Waals surface area contributed by atoms with Crippen LogP contribution in [0.1, 0.15) is 31.2 Å². The fraction of sp³-hybridized carbons (Fsp3) is 0.636. The van der Waals surface area contributed by atoms with E-state index in [-0.39, 0.29) is 17.9 Å². The van der Waals surface area contributed by atoms with E-state index in [0.717, 1.165) is 78.0 Å². The SMILES string of the molecule is O=C([C@H]1CCCN(C(=O)N2CCCC2)C1)N1CCN(Cc2ccccc2)CC1. The van der Waals surface area contributed by atoms with E-state index in [9.17, 15) is 9.59 Å². The summed E-state index contributed by atoms with van der Waals surface area (Å²) < 4.78 is 0. The minimum atomic E-state index is -0.0269. The summed E-state index contributed by atoms with van der Waals surface area (Å²) in [5, 5.41) is 0. The van der Waals surface area contributed by atoms with Crippen LogP contribution in [0.2, 0.25) is 0 Å². The van der Waals surface area contributed by atoms with Crippen LogP contribution in [0.4, 0.5) is 4.79 Å². The van der Waals surface area contributed by atoms with Crippen LogP contribution in [0.15, 0.2) is 30.3 Å². The highest BCUT2D eigenvalue weighted by Crippen LogP contribution is 2.22. The molecule has 28 heavy (non-hydrogen) atoms. The second kappa shape index (κ2) is 8.95. The van der Waals surface area contributed by atoms with Crippen LogP contribution < -0.4 is 0 Å². The van der Waals surface area contributed by atoms with Crippen molar-refractivity contribution in [1.82, 2.24) is 19.6 Å². The average Bonchev–Trinajstić information content (AvgIpc) is 3.29. The van der Waals surface area contributed by atoms with Crippen molar-refractivity contribution in [3.05, 3.63) is 35.9 Å². The number of benzene rings is 1. The maximum atomic E-state index is 13.1. The van der Waals surface area contributed by atoms with E-state index in [0.29, 0.717) is 6.54 Å². The standard InChI is InChI=1S/C22H32N4O2/c27-21(20-9-6-12-26(18-20)22(28)25-10-4-5-11-25)24-15-13-23(14-16-24)17-19-7-2-1-3-8-19/h1-3,7-8,20H,4-6,9-18H2/t20-/m0/s1. The van der Waals surface area contributed by atoms with E-state index >= 15 is 0 Å². The first-order chi connectivity index (χ1) is 13.7. The molecule has 3 aliphatic rings. The molecular formula is C22H32N4O2. The minimum Gasteiger partial charge on any atom is -0.340 e. The van der Waals surface area contributed by atoms with Gasteiger partial charge in [0.2, 0.25) is 5.91 Å². The van der Waals surface area contributed by atoms with Gasteiger partial charge in [0.1, 0.15) is 0 Å². The molecule has 3 amide bonds. The van der Waals surface area contributed by atoms with E-state index in [2.05, 4.69) is 29.2 Å². The Morgan fingerprint density at radius 3 is 2.18 bits per heavy atom. The molecule has 1 aromatic rings. The molecule has 0 aromatic heterocycles. The van der Waals surface area contributed by atoms with Crippen molar-refractivity contribution >= 4 is 11.9 Å². The van der Waals surface area contributed by atoms with Crippen molar-refractivity contribution in [2.24, 2.45) is 5.92 Å². The fourth-order valence-electron chi connectivity index (χ4n) is 4.69. The number of piperidine rings is 1. The molecule has 1 aromatic carbocycles. The molecule has 6 nitrogen and oxygen atoms in total. The fourth-order valence-corrected chi connectivity index (χ4v) is 4.69. The Kier molecular flexibility index (Phi) is 6.15. The van der Waals surface area contributed by atoms with Crippen LogP contribution in [0.3, 0.4) is 0 Å². The lowest BCUT2D eigenvalue weighted by Gasteiger charge is -2.39. The van der Waals surface area contributed by atoms with Gasteiger partial charge in [0, 0.05) is 58.9 Å². The molecule has 3 fully saturated rings. The van der Waals surface area contributed by atoms with E-state index < -0.39 is 0 Å². The Morgan fingerprint density at radius 2 is 1.46 bits per heavy atom. The number of likely N-dealkylation sites (tertiary alicyclic amines) is 2. The second-order valence-corrected chi connectivity index (χ2v) is 8.35. The zero-order chi connectivity index (χ0) is 19.3. The summed E-state index contributed by atoms with van der Waals surface area (Å²) in [5.74, 6) is 0.222. The van der Waals surface area contributed by atoms with Crippen molar-refractivity contribution in [2.45, 2.75) is 32.2 Å². The van der Waals surface area contributed by atoms with Crippen LogP contribution in [0, 0.1) is 5.92 Å². The highest BCUT2D eigenvalue weighted by atomic mass is 16.2. The zero-order valence-electron chi connectivity index (χ0n) is 16.8. The molecular weight excluding hydrogens is 352 g/mol. The van der Waals surface area contributed by atoms with Gasteiger partial charge >= 0.3 is 6.03 Å². The molecule has 0 N–H and O–H groups in total. The largest absolute Gasteiger partial charge is 0.340 e. The Morgan fingerprint density at radius 1 is 0.786 bits per heavy atom. The molecule has 4 rings (SSSR count). The van der Waals surface area contributed by atoms with E-state index in [1.807, 2.05) is 20.8 Å². The van der Waals surface area contributed by atoms with Gasteiger partial charge in [-0.25, -0.2) is 4.79 Å². The molecule has 152 valence electrons. The van der Waals surface area contributed by atoms with Gasteiger partial charge in [0.05, 0.1) is 5.92 Å². The predicted molar refractivity (Wildman–Crippen MR) is 109 cm³/mol. The van der Waals surface area contributed by atoms with Crippen LogP contribution in [-0.4, -0.2) is 83.9 Å². The normalized spacial score (nSPS) is 23.9. The molecule has 0 unspecified atom stereocenters. The molecule has 3 saturated heterocycles. The van der Waals surface area contributed by atoms with Gasteiger partial charge in [-0.3, -0.25) is 9.69 Å². The third-order valence-electron chi connectivity index (χ3n) is 6.35. The Balaban J connectivity index is 1.27. The summed E-state index contributed by atoms with van der Waals surface area (Å²) in [6.45, 7) is 7.51. The summed E-state index contributed by atoms with van der Waals surface area (Å²) in [7, 11) is 0. The highest BCUT2D eigenvalue weighted by Gasteiger charge is 2.34. The monoisotopic (exact) mass is 384 g/mol. The topological polar surface area (TPSA) is 47.1 Å². The van der Waals surface area contributed by atoms with Gasteiger partial charge in [-0.05, 0) is 31.2 Å². The summed E-state index contributed by atoms with van der Waals surface area (Å²) in [6.07, 6.45) is 4.06. The quantitative estimate of drug-likeness (QED) is 0.803. The van der Waals surface area contributed by atoms with E-state index in [1.54, 1.807) is 0 Å². The van der Waals surface area contributed by atoms with Gasteiger partial charge < -0.3 is 14.7 Å². The minimum absolute atomic E-state index is 0.0269. The number of piperazine rings is 1. The molecule has 3 aliphatic heterocycles. The Hall–Kier alpha value is -2.08. The lowest BCUT2D eigenvalue weighted by atomic mass is 9.96. The molecule has 0 radical (unpaired) electrons. The first kappa shape index (κ1) is 19.2. The third kappa shape index (κ3) is 4.49. The summed E-state index contributed by atoms with van der Waals surface area (Å²) >= 11 is 0. The van der Waals surface area contributed by atoms with Gasteiger partial charge in [0.15, 0.2) is 0 Å². The number of carbonyl (C=O) groups excluding carboxylic acids is 2. The summed E-state index contributed by atoms with van der Waals surface area (Å²) in [5.41, 5.74) is 1.32. The van der Waals surface area contributed by atoms with Crippen molar-refractivity contribution in [3.8, 4) is 0 Å². The summed E-state index contributed by atoms with van der Waals surface area (Å²) in [4.78, 5) is 34.1. The van der Waals surface area contributed by atoms with Crippen molar-refractivity contribution in [3.63, 3.8) is 0 Å². The third-order valence-corrected chi connectivity index (χ3v) is 6.35. The maximum absolute atomic E-state index is 13.1. The lowest BCUT2D eigenvalue weighted by Crippen LogP contribution is -2.54.